The Morgan fingerprint density at radius 3 is 2.35 bits per heavy atom. The fraction of sp³-hybridized carbons (Fsp3) is 0.708. The maximum Gasteiger partial charge on any atom is 0.311 e. The number of cyclic esters (lactones) is 1. The van der Waals surface area contributed by atoms with Gasteiger partial charge in [-0.3, -0.25) is 4.79 Å². The van der Waals surface area contributed by atoms with E-state index >= 15 is 0 Å². The fourth-order valence-corrected chi connectivity index (χ4v) is 5.30. The number of hydrogen-bond acceptors (Lipinski definition) is 6. The maximum atomic E-state index is 12.6. The van der Waals surface area contributed by atoms with Crippen LogP contribution in [0.3, 0.4) is 0 Å². The molecule has 0 aliphatic carbocycles. The monoisotopic (exact) mass is 450 g/mol. The van der Waals surface area contributed by atoms with Crippen LogP contribution in [0, 0.1) is 11.8 Å². The topological polar surface area (TPSA) is 77.5 Å². The Morgan fingerprint density at radius 2 is 1.81 bits per heavy atom. The third kappa shape index (κ3) is 5.39. The van der Waals surface area contributed by atoms with Gasteiger partial charge < -0.3 is 23.7 Å². The van der Waals surface area contributed by atoms with Crippen molar-refractivity contribution in [2.45, 2.75) is 89.9 Å². The van der Waals surface area contributed by atoms with Crippen molar-refractivity contribution in [3.05, 3.63) is 35.9 Å². The first-order valence-electron chi connectivity index (χ1n) is 11.3. The number of aliphatic hydroxyl groups excluding tert-OH is 1. The summed E-state index contributed by atoms with van der Waals surface area (Å²) in [4.78, 5) is 12.6. The second-order valence-electron chi connectivity index (χ2n) is 10.5. The Labute approximate surface area is 187 Å². The first kappa shape index (κ1) is 24.4. The average Bonchev–Trinajstić information content (AvgIpc) is 3.45. The molecule has 3 rings (SSSR count). The second kappa shape index (κ2) is 9.31. The van der Waals surface area contributed by atoms with Crippen molar-refractivity contribution in [1.29, 1.82) is 0 Å². The molecule has 1 N–H and O–H groups in total. The van der Waals surface area contributed by atoms with Gasteiger partial charge in [-0.2, -0.15) is 0 Å². The lowest BCUT2D eigenvalue weighted by atomic mass is 9.90. The molecular formula is C24H38O6Si. The van der Waals surface area contributed by atoms with Gasteiger partial charge in [0.25, 0.3) is 0 Å². The molecule has 2 saturated heterocycles. The van der Waals surface area contributed by atoms with Gasteiger partial charge in [-0.05, 0) is 30.6 Å². The summed E-state index contributed by atoms with van der Waals surface area (Å²) in [6.07, 6.45) is -1.59. The lowest BCUT2D eigenvalue weighted by Gasteiger charge is -2.41. The van der Waals surface area contributed by atoms with Gasteiger partial charge in [0.05, 0.1) is 31.3 Å². The number of epoxide rings is 1. The SMILES string of the molecule is C[C@H]([C@H]1O[C@@H]1CO)[C@H](OCc1ccccc1)[C@@H]1OC(=O)[C@H](C)[C@H]1O[Si](C)(C)C(C)(C)C. The minimum Gasteiger partial charge on any atom is -0.457 e. The van der Waals surface area contributed by atoms with E-state index in [1.807, 2.05) is 44.2 Å². The summed E-state index contributed by atoms with van der Waals surface area (Å²) in [5, 5.41) is 9.50. The minimum absolute atomic E-state index is 0.0104. The molecule has 0 saturated carbocycles. The van der Waals surface area contributed by atoms with E-state index in [-0.39, 0.29) is 47.8 Å². The summed E-state index contributed by atoms with van der Waals surface area (Å²) < 4.78 is 24.7. The molecule has 0 aromatic heterocycles. The predicted molar refractivity (Wildman–Crippen MR) is 121 cm³/mol. The summed E-state index contributed by atoms with van der Waals surface area (Å²) in [6, 6.07) is 9.95. The number of hydrogen-bond donors (Lipinski definition) is 1. The molecule has 2 aliphatic heterocycles. The van der Waals surface area contributed by atoms with Crippen LogP contribution >= 0.6 is 0 Å². The van der Waals surface area contributed by atoms with Crippen LogP contribution in [0.1, 0.15) is 40.2 Å². The van der Waals surface area contributed by atoms with E-state index in [2.05, 4.69) is 33.9 Å². The molecule has 0 bridgehead atoms. The third-order valence-electron chi connectivity index (χ3n) is 7.12. The van der Waals surface area contributed by atoms with E-state index in [9.17, 15) is 9.90 Å². The van der Waals surface area contributed by atoms with Crippen LogP contribution in [-0.2, 0) is 30.0 Å². The highest BCUT2D eigenvalue weighted by molar-refractivity contribution is 6.74. The zero-order valence-corrected chi connectivity index (χ0v) is 20.8. The molecule has 2 heterocycles. The standard InChI is InChI=1S/C24H38O6Si/c1-15(19-18(13-25)28-19)20(27-14-17-11-9-8-10-12-17)22-21(16(2)23(26)29-22)30-31(6,7)24(3,4)5/h8-12,15-16,18-22,25H,13-14H2,1-7H3/t15-,16-,18-,19-,20+,21-,22+/m1/s1. The molecule has 0 amide bonds. The quantitative estimate of drug-likeness (QED) is 0.349. The van der Waals surface area contributed by atoms with Crippen molar-refractivity contribution < 1.29 is 28.5 Å². The summed E-state index contributed by atoms with van der Waals surface area (Å²) in [5.74, 6) is -0.665. The van der Waals surface area contributed by atoms with E-state index in [1.165, 1.54) is 0 Å². The Bertz CT molecular complexity index is 746. The maximum absolute atomic E-state index is 12.6. The highest BCUT2D eigenvalue weighted by Gasteiger charge is 2.55. The lowest BCUT2D eigenvalue weighted by molar-refractivity contribution is -0.154. The normalized spacial score (nSPS) is 30.7. The molecule has 31 heavy (non-hydrogen) atoms. The van der Waals surface area contributed by atoms with Crippen LogP contribution in [0.15, 0.2) is 30.3 Å². The van der Waals surface area contributed by atoms with Gasteiger partial charge >= 0.3 is 5.97 Å². The highest BCUT2D eigenvalue weighted by Crippen LogP contribution is 2.43. The second-order valence-corrected chi connectivity index (χ2v) is 15.2. The zero-order valence-electron chi connectivity index (χ0n) is 19.8. The Morgan fingerprint density at radius 1 is 1.16 bits per heavy atom. The first-order valence-corrected chi connectivity index (χ1v) is 14.2. The van der Waals surface area contributed by atoms with Crippen molar-refractivity contribution in [3.63, 3.8) is 0 Å². The number of esters is 1. The van der Waals surface area contributed by atoms with Gasteiger partial charge in [-0.25, -0.2) is 0 Å². The van der Waals surface area contributed by atoms with Crippen molar-refractivity contribution in [3.8, 4) is 0 Å². The lowest BCUT2D eigenvalue weighted by Crippen LogP contribution is -2.51. The van der Waals surface area contributed by atoms with Gasteiger partial charge in [0.2, 0.25) is 0 Å². The van der Waals surface area contributed by atoms with Gasteiger partial charge in [0.15, 0.2) is 14.4 Å². The van der Waals surface area contributed by atoms with E-state index in [1.54, 1.807) is 0 Å². The number of benzene rings is 1. The summed E-state index contributed by atoms with van der Waals surface area (Å²) >= 11 is 0. The minimum atomic E-state index is -2.14. The van der Waals surface area contributed by atoms with E-state index in [0.29, 0.717) is 6.61 Å². The molecule has 174 valence electrons. The van der Waals surface area contributed by atoms with E-state index in [4.69, 9.17) is 18.6 Å². The van der Waals surface area contributed by atoms with Crippen LogP contribution in [0.2, 0.25) is 18.1 Å². The van der Waals surface area contributed by atoms with Crippen LogP contribution < -0.4 is 0 Å². The van der Waals surface area contributed by atoms with Gasteiger partial charge in [-0.15, -0.1) is 0 Å². The number of carbonyl (C=O) groups is 1. The molecule has 7 heteroatoms. The van der Waals surface area contributed by atoms with Crippen molar-refractivity contribution in [2.75, 3.05) is 6.61 Å². The number of rotatable bonds is 9. The Balaban J connectivity index is 1.84. The molecule has 2 fully saturated rings. The molecule has 1 aromatic rings. The molecule has 2 aliphatic rings. The summed E-state index contributed by atoms with van der Waals surface area (Å²) in [7, 11) is -2.14. The van der Waals surface area contributed by atoms with Gasteiger partial charge in [0, 0.05) is 5.92 Å². The molecule has 1 aromatic carbocycles. The number of ether oxygens (including phenoxy) is 3. The molecule has 0 radical (unpaired) electrons. The van der Waals surface area contributed by atoms with Crippen LogP contribution in [0.25, 0.3) is 0 Å². The Kier molecular flexibility index (Phi) is 7.33. The van der Waals surface area contributed by atoms with Crippen LogP contribution in [-0.4, -0.2) is 56.5 Å². The molecule has 0 spiro atoms. The number of aliphatic hydroxyl groups is 1. The number of carbonyl (C=O) groups excluding carboxylic acids is 1. The van der Waals surface area contributed by atoms with Crippen LogP contribution in [0.4, 0.5) is 0 Å². The smallest absolute Gasteiger partial charge is 0.311 e. The van der Waals surface area contributed by atoms with E-state index < -0.39 is 20.5 Å². The van der Waals surface area contributed by atoms with Crippen molar-refractivity contribution in [2.24, 2.45) is 11.8 Å². The average molecular weight is 451 g/mol. The van der Waals surface area contributed by atoms with Gasteiger partial charge in [0.1, 0.15) is 12.2 Å². The highest BCUT2D eigenvalue weighted by atomic mass is 28.4. The first-order chi connectivity index (χ1) is 14.5. The van der Waals surface area contributed by atoms with Crippen LogP contribution in [0.5, 0.6) is 0 Å². The summed E-state index contributed by atoms with van der Waals surface area (Å²) in [5.41, 5.74) is 1.05. The largest absolute Gasteiger partial charge is 0.457 e. The third-order valence-corrected chi connectivity index (χ3v) is 11.6. The molecule has 0 unspecified atom stereocenters. The molecule has 7 atom stereocenters. The summed E-state index contributed by atoms with van der Waals surface area (Å²) in [6.45, 7) is 15.2. The Hall–Kier alpha value is -1.25. The van der Waals surface area contributed by atoms with E-state index in [0.717, 1.165) is 5.56 Å². The molecule has 6 nitrogen and oxygen atoms in total. The van der Waals surface area contributed by atoms with Crippen molar-refractivity contribution in [1.82, 2.24) is 0 Å². The zero-order chi connectivity index (χ0) is 23.0. The molecular weight excluding hydrogens is 412 g/mol. The van der Waals surface area contributed by atoms with Gasteiger partial charge in [-0.1, -0.05) is 58.0 Å². The fourth-order valence-electron chi connectivity index (χ4n) is 3.93. The predicted octanol–water partition coefficient (Wildman–Crippen LogP) is 3.92. The van der Waals surface area contributed by atoms with Crippen molar-refractivity contribution >= 4 is 14.3 Å².